The molecular weight excluding hydrogens is 518 g/mol. The molecule has 0 amide bonds. The Morgan fingerprint density at radius 3 is 2.59 bits per heavy atom. The number of rotatable bonds is 7. The number of oxazole rings is 1. The van der Waals surface area contributed by atoms with Crippen LogP contribution < -0.4 is 10.6 Å². The van der Waals surface area contributed by atoms with Gasteiger partial charge in [-0.2, -0.15) is 5.26 Å². The summed E-state index contributed by atoms with van der Waals surface area (Å²) in [5, 5.41) is 25.7. The van der Waals surface area contributed by atoms with Gasteiger partial charge in [-0.3, -0.25) is 4.98 Å². The van der Waals surface area contributed by atoms with Crippen LogP contribution in [0.25, 0.3) is 10.9 Å². The minimum Gasteiger partial charge on any atom is -0.446 e. The van der Waals surface area contributed by atoms with Gasteiger partial charge in [-0.1, -0.05) is 28.4 Å². The number of aromatic nitrogens is 5. The van der Waals surface area contributed by atoms with E-state index in [4.69, 9.17) is 27.6 Å². The van der Waals surface area contributed by atoms with Crippen molar-refractivity contribution < 1.29 is 8.81 Å². The number of anilines is 3. The lowest BCUT2D eigenvalue weighted by Crippen LogP contribution is -2.12. The predicted molar refractivity (Wildman–Crippen MR) is 139 cm³/mol. The first-order valence-corrected chi connectivity index (χ1v) is 11.9. The number of pyridine rings is 1. The molecule has 1 atom stereocenters. The maximum Gasteiger partial charge on any atom is 0.180 e. The zero-order chi connectivity index (χ0) is 26.1. The third-order valence-electron chi connectivity index (χ3n) is 5.63. The van der Waals surface area contributed by atoms with Crippen molar-refractivity contribution in [2.75, 3.05) is 10.6 Å². The standard InChI is InChI=1S/C25H19Cl2FN8O/c1-13(2)36-11-21(34-35-36)25(22-10-30-12-37-22)33-16-5-17-23(32-15-3-4-20(28)18(26)6-15)14(8-29)9-31-24(17)19(27)7-16/h3-7,9-13,25,33H,1-2H3,(H,31,32)/t25-/m1/s1. The average molecular weight is 537 g/mol. The SMILES string of the molecule is CC(C)n1cc([C@@H](Nc2cc(Cl)c3ncc(C#N)c(Nc4ccc(F)c(Cl)c4)c3c2)c2cnco2)nn1. The number of hydrogen-bond acceptors (Lipinski definition) is 8. The first-order chi connectivity index (χ1) is 17.8. The van der Waals surface area contributed by atoms with Crippen LogP contribution in [0.5, 0.6) is 0 Å². The Morgan fingerprint density at radius 2 is 1.92 bits per heavy atom. The van der Waals surface area contributed by atoms with E-state index in [2.05, 4.69) is 37.0 Å². The molecule has 0 saturated heterocycles. The maximum atomic E-state index is 13.7. The van der Waals surface area contributed by atoms with E-state index in [1.807, 2.05) is 20.0 Å². The Kier molecular flexibility index (Phi) is 6.65. The first-order valence-electron chi connectivity index (χ1n) is 11.1. The fourth-order valence-electron chi connectivity index (χ4n) is 3.78. The largest absolute Gasteiger partial charge is 0.446 e. The van der Waals surface area contributed by atoms with Crippen LogP contribution in [0.1, 0.15) is 42.9 Å². The predicted octanol–water partition coefficient (Wildman–Crippen LogP) is 6.66. The molecule has 9 nitrogen and oxygen atoms in total. The number of halogens is 3. The molecule has 0 aliphatic heterocycles. The van der Waals surface area contributed by atoms with E-state index in [1.54, 1.807) is 23.0 Å². The summed E-state index contributed by atoms with van der Waals surface area (Å²) < 4.78 is 21.0. The lowest BCUT2D eigenvalue weighted by Gasteiger charge is -2.18. The van der Waals surface area contributed by atoms with Crippen LogP contribution in [0.2, 0.25) is 10.0 Å². The van der Waals surface area contributed by atoms with Crippen molar-refractivity contribution >= 4 is 51.2 Å². The second-order valence-electron chi connectivity index (χ2n) is 8.47. The minimum atomic E-state index is -0.547. The average Bonchev–Trinajstić information content (AvgIpc) is 3.58. The van der Waals surface area contributed by atoms with E-state index in [0.29, 0.717) is 44.4 Å². The van der Waals surface area contributed by atoms with E-state index in [0.717, 1.165) is 0 Å². The lowest BCUT2D eigenvalue weighted by atomic mass is 10.1. The van der Waals surface area contributed by atoms with Crippen molar-refractivity contribution in [1.82, 2.24) is 25.0 Å². The lowest BCUT2D eigenvalue weighted by molar-refractivity contribution is 0.491. The van der Waals surface area contributed by atoms with Gasteiger partial charge >= 0.3 is 0 Å². The third-order valence-corrected chi connectivity index (χ3v) is 6.21. The topological polar surface area (TPSA) is 117 Å². The fourth-order valence-corrected chi connectivity index (χ4v) is 4.23. The van der Waals surface area contributed by atoms with Crippen molar-refractivity contribution in [3.63, 3.8) is 0 Å². The van der Waals surface area contributed by atoms with Crippen LogP contribution in [0.4, 0.5) is 21.5 Å². The normalized spacial score (nSPS) is 12.0. The van der Waals surface area contributed by atoms with E-state index in [-0.39, 0.29) is 16.6 Å². The van der Waals surface area contributed by atoms with Crippen molar-refractivity contribution in [2.45, 2.75) is 25.9 Å². The van der Waals surface area contributed by atoms with Gasteiger partial charge in [-0.25, -0.2) is 14.1 Å². The molecule has 0 aliphatic rings. The summed E-state index contributed by atoms with van der Waals surface area (Å²) in [5.41, 5.74) is 2.91. The van der Waals surface area contributed by atoms with Gasteiger partial charge in [0.05, 0.1) is 39.2 Å². The molecule has 2 N–H and O–H groups in total. The molecule has 0 bridgehead atoms. The van der Waals surface area contributed by atoms with Gasteiger partial charge in [0.1, 0.15) is 23.6 Å². The summed E-state index contributed by atoms with van der Waals surface area (Å²) in [5.74, 6) is -0.0232. The maximum absolute atomic E-state index is 13.7. The van der Waals surface area contributed by atoms with Gasteiger partial charge in [-0.15, -0.1) is 5.10 Å². The Bertz CT molecular complexity index is 1630. The minimum absolute atomic E-state index is 0.0494. The highest BCUT2D eigenvalue weighted by Gasteiger charge is 2.23. The quantitative estimate of drug-likeness (QED) is 0.237. The molecule has 0 fully saturated rings. The molecule has 5 aromatic rings. The third kappa shape index (κ3) is 4.91. The second kappa shape index (κ2) is 10.0. The molecule has 186 valence electrons. The number of fused-ring (bicyclic) bond motifs is 1. The summed E-state index contributed by atoms with van der Waals surface area (Å²) >= 11 is 12.6. The molecule has 0 unspecified atom stereocenters. The summed E-state index contributed by atoms with van der Waals surface area (Å²) in [7, 11) is 0. The smallest absolute Gasteiger partial charge is 0.180 e. The van der Waals surface area contributed by atoms with E-state index in [1.165, 1.54) is 30.8 Å². The molecule has 0 aliphatic carbocycles. The van der Waals surface area contributed by atoms with Crippen molar-refractivity contribution in [3.8, 4) is 6.07 Å². The Morgan fingerprint density at radius 1 is 1.11 bits per heavy atom. The van der Waals surface area contributed by atoms with E-state index >= 15 is 0 Å². The molecule has 0 radical (unpaired) electrons. The van der Waals surface area contributed by atoms with Gasteiger partial charge < -0.3 is 15.1 Å². The van der Waals surface area contributed by atoms with Gasteiger partial charge in [0.25, 0.3) is 0 Å². The molecule has 5 rings (SSSR count). The molecule has 0 saturated carbocycles. The molecule has 2 aromatic carbocycles. The second-order valence-corrected chi connectivity index (χ2v) is 9.28. The van der Waals surface area contributed by atoms with Crippen LogP contribution >= 0.6 is 23.2 Å². The number of nitriles is 1. The summed E-state index contributed by atoms with van der Waals surface area (Å²) in [6.45, 7) is 4.00. The molecule has 37 heavy (non-hydrogen) atoms. The van der Waals surface area contributed by atoms with Gasteiger partial charge in [-0.05, 0) is 44.2 Å². The van der Waals surface area contributed by atoms with Crippen LogP contribution in [-0.4, -0.2) is 25.0 Å². The van der Waals surface area contributed by atoms with Gasteiger partial charge in [0.15, 0.2) is 12.2 Å². The number of nitrogens with zero attached hydrogens (tertiary/aromatic N) is 6. The van der Waals surface area contributed by atoms with Gasteiger partial charge in [0.2, 0.25) is 0 Å². The molecule has 0 spiro atoms. The number of benzene rings is 2. The van der Waals surface area contributed by atoms with Gasteiger partial charge in [0, 0.05) is 29.0 Å². The highest BCUT2D eigenvalue weighted by Crippen LogP contribution is 2.37. The molecule has 3 aromatic heterocycles. The Balaban J connectivity index is 1.60. The van der Waals surface area contributed by atoms with Crippen LogP contribution in [0.3, 0.4) is 0 Å². The van der Waals surface area contributed by atoms with E-state index < -0.39 is 11.9 Å². The Hall–Kier alpha value is -4.20. The fraction of sp³-hybridized carbons (Fsp3) is 0.160. The molecule has 12 heteroatoms. The summed E-state index contributed by atoms with van der Waals surface area (Å²) in [4.78, 5) is 8.41. The first kappa shape index (κ1) is 24.5. The highest BCUT2D eigenvalue weighted by molar-refractivity contribution is 6.36. The Labute approximate surface area is 220 Å². The summed E-state index contributed by atoms with van der Waals surface area (Å²) in [6, 6.07) is 9.46. The van der Waals surface area contributed by atoms with Crippen molar-refractivity contribution in [3.05, 3.63) is 88.2 Å². The van der Waals surface area contributed by atoms with Crippen LogP contribution in [0.15, 0.2) is 59.7 Å². The number of hydrogen-bond donors (Lipinski definition) is 2. The molecule has 3 heterocycles. The zero-order valence-corrected chi connectivity index (χ0v) is 21.1. The van der Waals surface area contributed by atoms with Crippen LogP contribution in [-0.2, 0) is 0 Å². The zero-order valence-electron chi connectivity index (χ0n) is 19.6. The van der Waals surface area contributed by atoms with Crippen molar-refractivity contribution in [2.24, 2.45) is 0 Å². The van der Waals surface area contributed by atoms with Crippen LogP contribution in [0, 0.1) is 17.1 Å². The van der Waals surface area contributed by atoms with E-state index in [9.17, 15) is 9.65 Å². The number of nitrogens with one attached hydrogen (secondary N) is 2. The molecular formula is C25H19Cl2FN8O. The van der Waals surface area contributed by atoms with Crippen molar-refractivity contribution in [1.29, 1.82) is 5.26 Å². The summed E-state index contributed by atoms with van der Waals surface area (Å²) in [6.07, 6.45) is 6.18. The monoisotopic (exact) mass is 536 g/mol. The highest BCUT2D eigenvalue weighted by atomic mass is 35.5.